The van der Waals surface area contributed by atoms with Crippen LogP contribution in [0.2, 0.25) is 0 Å². The zero-order valence-electron chi connectivity index (χ0n) is 18.3. The minimum absolute atomic E-state index is 0.0424. The number of hydrogen-bond acceptors (Lipinski definition) is 5. The highest BCUT2D eigenvalue weighted by atomic mass is 32.2. The lowest BCUT2D eigenvalue weighted by Gasteiger charge is -2.08. The van der Waals surface area contributed by atoms with E-state index in [0.717, 1.165) is 23.0 Å². The van der Waals surface area contributed by atoms with Gasteiger partial charge in [0.15, 0.2) is 5.17 Å². The summed E-state index contributed by atoms with van der Waals surface area (Å²) in [5, 5.41) is 12.7. The summed E-state index contributed by atoms with van der Waals surface area (Å²) in [7, 11) is 1.66. The van der Waals surface area contributed by atoms with Gasteiger partial charge in [0.25, 0.3) is 5.91 Å². The minimum atomic E-state index is -1.27. The topological polar surface area (TPSA) is 77.7 Å². The molecule has 0 radical (unpaired) electrons. The van der Waals surface area contributed by atoms with E-state index in [2.05, 4.69) is 40.0 Å². The lowest BCUT2D eigenvalue weighted by molar-refractivity contribution is -0.255. The van der Waals surface area contributed by atoms with Crippen LogP contribution in [0.4, 0.5) is 5.69 Å². The van der Waals surface area contributed by atoms with Gasteiger partial charge in [0.2, 0.25) is 0 Å². The average molecular weight is 467 g/mol. The number of aromatic nitrogens is 1. The van der Waals surface area contributed by atoms with Gasteiger partial charge in [-0.1, -0.05) is 60.7 Å². The van der Waals surface area contributed by atoms with Crippen LogP contribution < -0.4 is 5.11 Å². The maximum absolute atomic E-state index is 13.0. The van der Waals surface area contributed by atoms with Crippen molar-refractivity contribution in [2.45, 2.75) is 6.54 Å². The third-order valence-corrected chi connectivity index (χ3v) is 6.67. The van der Waals surface area contributed by atoms with Crippen molar-refractivity contribution >= 4 is 51.5 Å². The van der Waals surface area contributed by atoms with E-state index in [1.165, 1.54) is 34.4 Å². The molecule has 4 aromatic rings. The number of rotatable bonds is 5. The Hall–Kier alpha value is -4.10. The number of fused-ring (bicyclic) bond motifs is 1. The van der Waals surface area contributed by atoms with Crippen LogP contribution in [-0.4, -0.2) is 33.6 Å². The molecule has 1 amide bonds. The number of amidine groups is 1. The predicted octanol–water partition coefficient (Wildman–Crippen LogP) is 4.29. The molecule has 0 unspecified atom stereocenters. The van der Waals surface area contributed by atoms with Crippen LogP contribution >= 0.6 is 11.8 Å². The second-order valence-corrected chi connectivity index (χ2v) is 8.93. The summed E-state index contributed by atoms with van der Waals surface area (Å²) in [6.07, 6.45) is 3.96. The Balaban J connectivity index is 1.49. The maximum Gasteiger partial charge on any atom is 0.266 e. The van der Waals surface area contributed by atoms with E-state index in [1.54, 1.807) is 19.2 Å². The molecule has 3 aromatic carbocycles. The van der Waals surface area contributed by atoms with E-state index < -0.39 is 5.97 Å². The zero-order valence-corrected chi connectivity index (χ0v) is 19.2. The van der Waals surface area contributed by atoms with Crippen molar-refractivity contribution in [3.63, 3.8) is 0 Å². The molecule has 1 aliphatic heterocycles. The summed E-state index contributed by atoms with van der Waals surface area (Å²) >= 11 is 1.27. The molecule has 1 saturated heterocycles. The summed E-state index contributed by atoms with van der Waals surface area (Å²) in [5.41, 5.74) is 3.73. The van der Waals surface area contributed by atoms with Gasteiger partial charge >= 0.3 is 0 Å². The Labute approximate surface area is 200 Å². The van der Waals surface area contributed by atoms with Crippen LogP contribution in [-0.2, 0) is 11.3 Å². The molecule has 34 heavy (non-hydrogen) atoms. The minimum Gasteiger partial charge on any atom is -0.545 e. The molecule has 0 aliphatic carbocycles. The molecular formula is C27H20N3O3S-. The predicted molar refractivity (Wildman–Crippen MR) is 134 cm³/mol. The van der Waals surface area contributed by atoms with E-state index in [-0.39, 0.29) is 11.5 Å². The third-order valence-electron chi connectivity index (χ3n) is 5.61. The molecule has 0 saturated carbocycles. The number of likely N-dealkylation sites (N-methyl/N-ethyl adjacent to an activating group) is 1. The van der Waals surface area contributed by atoms with Crippen molar-refractivity contribution in [2.24, 2.45) is 4.99 Å². The number of carbonyl (C=O) groups excluding carboxylic acids is 2. The van der Waals surface area contributed by atoms with Gasteiger partial charge in [-0.25, -0.2) is 4.99 Å². The van der Waals surface area contributed by atoms with E-state index in [1.807, 2.05) is 36.4 Å². The Morgan fingerprint density at radius 2 is 1.79 bits per heavy atom. The molecule has 168 valence electrons. The lowest BCUT2D eigenvalue weighted by atomic mass is 10.1. The quantitative estimate of drug-likeness (QED) is 0.411. The summed E-state index contributed by atoms with van der Waals surface area (Å²) < 4.78 is 2.19. The van der Waals surface area contributed by atoms with Crippen LogP contribution in [0.25, 0.3) is 17.0 Å². The molecule has 1 aromatic heterocycles. The highest BCUT2D eigenvalue weighted by Gasteiger charge is 2.30. The number of carboxylic acids is 1. The number of para-hydroxylation sites is 1. The molecule has 1 aliphatic rings. The monoisotopic (exact) mass is 466 g/mol. The lowest BCUT2D eigenvalue weighted by Crippen LogP contribution is -2.23. The van der Waals surface area contributed by atoms with Gasteiger partial charge < -0.3 is 14.5 Å². The van der Waals surface area contributed by atoms with Crippen LogP contribution in [0.3, 0.4) is 0 Å². The number of nitrogens with zero attached hydrogens (tertiary/aromatic N) is 3. The van der Waals surface area contributed by atoms with Gasteiger partial charge in [-0.2, -0.15) is 0 Å². The van der Waals surface area contributed by atoms with Gasteiger partial charge in [0, 0.05) is 36.3 Å². The summed E-state index contributed by atoms with van der Waals surface area (Å²) in [6, 6.07) is 24.5. The number of thioether (sulfide) groups is 1. The van der Waals surface area contributed by atoms with Crippen molar-refractivity contribution in [3.8, 4) is 0 Å². The number of amides is 1. The number of aromatic carboxylic acids is 1. The fourth-order valence-electron chi connectivity index (χ4n) is 3.91. The second-order valence-electron chi connectivity index (χ2n) is 7.92. The smallest absolute Gasteiger partial charge is 0.266 e. The largest absolute Gasteiger partial charge is 0.545 e. The van der Waals surface area contributed by atoms with Crippen molar-refractivity contribution < 1.29 is 14.7 Å². The normalized spacial score (nSPS) is 16.1. The Morgan fingerprint density at radius 1 is 1.03 bits per heavy atom. The van der Waals surface area contributed by atoms with Crippen molar-refractivity contribution in [1.29, 1.82) is 0 Å². The first kappa shape index (κ1) is 21.7. The molecule has 0 bridgehead atoms. The SMILES string of the molecule is CN1C(=O)/C(=C/c2cn(Cc3ccccc3)c3ccccc23)SC1=Nc1cccc(C(=O)[O-])c1. The first-order chi connectivity index (χ1) is 16.5. The van der Waals surface area contributed by atoms with Crippen LogP contribution in [0.15, 0.2) is 95.0 Å². The number of carboxylic acid groups (broad SMARTS) is 1. The van der Waals surface area contributed by atoms with Crippen molar-refractivity contribution in [2.75, 3.05) is 7.05 Å². The molecule has 6 nitrogen and oxygen atoms in total. The second kappa shape index (κ2) is 9.03. The highest BCUT2D eigenvalue weighted by Crippen LogP contribution is 2.35. The van der Waals surface area contributed by atoms with Crippen LogP contribution in [0.5, 0.6) is 0 Å². The Morgan fingerprint density at radius 3 is 2.59 bits per heavy atom. The number of benzene rings is 3. The number of aliphatic imine (C=N–C) groups is 1. The first-order valence-electron chi connectivity index (χ1n) is 10.7. The molecule has 2 heterocycles. The third kappa shape index (κ3) is 4.25. The fourth-order valence-corrected chi connectivity index (χ4v) is 4.88. The van der Waals surface area contributed by atoms with Gasteiger partial charge in [-0.05, 0) is 47.2 Å². The highest BCUT2D eigenvalue weighted by molar-refractivity contribution is 8.18. The van der Waals surface area contributed by atoms with E-state index in [4.69, 9.17) is 0 Å². The molecule has 0 N–H and O–H groups in total. The van der Waals surface area contributed by atoms with Gasteiger partial charge in [0.05, 0.1) is 16.6 Å². The molecule has 7 heteroatoms. The summed E-state index contributed by atoms with van der Waals surface area (Å²) in [5.74, 6) is -1.42. The Bertz CT molecular complexity index is 1470. The van der Waals surface area contributed by atoms with Gasteiger partial charge in [-0.15, -0.1) is 0 Å². The molecule has 0 atom stereocenters. The van der Waals surface area contributed by atoms with Gasteiger partial charge in [-0.3, -0.25) is 9.69 Å². The standard InChI is InChI=1S/C27H21N3O3S/c1-29-25(31)24(34-27(29)28-21-11-7-10-19(14-21)26(32)33)15-20-17-30(16-18-8-3-2-4-9-18)23-13-6-5-12-22(20)23/h2-15,17H,16H2,1H3,(H,32,33)/p-1/b24-15-,28-27?. The van der Waals surface area contributed by atoms with E-state index >= 15 is 0 Å². The maximum atomic E-state index is 13.0. The zero-order chi connectivity index (χ0) is 23.7. The van der Waals surface area contributed by atoms with Crippen LogP contribution in [0, 0.1) is 0 Å². The van der Waals surface area contributed by atoms with Gasteiger partial charge in [0.1, 0.15) is 0 Å². The average Bonchev–Trinajstić information content (AvgIpc) is 3.32. The Kier molecular flexibility index (Phi) is 5.77. The first-order valence-corrected chi connectivity index (χ1v) is 11.5. The van der Waals surface area contributed by atoms with E-state index in [0.29, 0.717) is 15.8 Å². The molecular weight excluding hydrogens is 446 g/mol. The fraction of sp³-hybridized carbons (Fsp3) is 0.0741. The summed E-state index contributed by atoms with van der Waals surface area (Å²) in [4.78, 5) is 30.6. The molecule has 1 fully saturated rings. The number of carbonyl (C=O) groups is 2. The molecule has 0 spiro atoms. The van der Waals surface area contributed by atoms with Crippen LogP contribution in [0.1, 0.15) is 21.5 Å². The summed E-state index contributed by atoms with van der Waals surface area (Å²) in [6.45, 7) is 0.729. The van der Waals surface area contributed by atoms with E-state index in [9.17, 15) is 14.7 Å². The molecule has 5 rings (SSSR count). The number of hydrogen-bond donors (Lipinski definition) is 0. The van der Waals surface area contributed by atoms with Crippen molar-refractivity contribution in [1.82, 2.24) is 9.47 Å². The van der Waals surface area contributed by atoms with Crippen molar-refractivity contribution in [3.05, 3.63) is 107 Å².